The molecule has 0 radical (unpaired) electrons. The number of benzene rings is 2. The molecule has 1 N–H and O–H groups in total. The van der Waals surface area contributed by atoms with Gasteiger partial charge in [-0.2, -0.15) is 5.26 Å². The van der Waals surface area contributed by atoms with Gasteiger partial charge in [0, 0.05) is 18.1 Å². The third kappa shape index (κ3) is 3.65. The van der Waals surface area contributed by atoms with Crippen molar-refractivity contribution in [3.63, 3.8) is 0 Å². The topological polar surface area (TPSA) is 65.8 Å². The normalized spacial score (nSPS) is 11.0. The molecular weight excluding hydrogens is 298 g/mol. The zero-order valence-electron chi connectivity index (χ0n) is 12.9. The van der Waals surface area contributed by atoms with E-state index in [4.69, 9.17) is 0 Å². The van der Waals surface area contributed by atoms with Gasteiger partial charge in [-0.1, -0.05) is 54.6 Å². The van der Waals surface area contributed by atoms with E-state index in [1.165, 1.54) is 6.08 Å². The first-order valence-corrected chi connectivity index (χ1v) is 7.55. The smallest absolute Gasteiger partial charge is 0.262 e. The van der Waals surface area contributed by atoms with E-state index < -0.39 is 5.91 Å². The monoisotopic (exact) mass is 313 g/mol. The van der Waals surface area contributed by atoms with Crippen LogP contribution in [0.2, 0.25) is 0 Å². The average molecular weight is 313 g/mol. The summed E-state index contributed by atoms with van der Waals surface area (Å²) in [6, 6.07) is 21.2. The molecule has 0 fully saturated rings. The van der Waals surface area contributed by atoms with Gasteiger partial charge in [0.1, 0.15) is 11.6 Å². The molecule has 0 unspecified atom stereocenters. The molecule has 1 heterocycles. The highest BCUT2D eigenvalue weighted by Crippen LogP contribution is 2.15. The average Bonchev–Trinajstić information content (AvgIpc) is 2.65. The molecule has 0 aliphatic rings. The standard InChI is InChI=1S/C20H15N3O/c21-12-18(20(24)23-13-15-6-2-1-3-7-15)11-19-10-16-8-4-5-9-17(16)14-22-19/h1-11,14H,13H2,(H,23,24). The second kappa shape index (κ2) is 7.21. The number of carbonyl (C=O) groups is 1. The Bertz CT molecular complexity index is 940. The van der Waals surface area contributed by atoms with Crippen molar-refractivity contribution < 1.29 is 4.79 Å². The summed E-state index contributed by atoms with van der Waals surface area (Å²) in [4.78, 5) is 16.5. The Balaban J connectivity index is 1.77. The predicted molar refractivity (Wildman–Crippen MR) is 93.6 cm³/mol. The maximum absolute atomic E-state index is 12.2. The highest BCUT2D eigenvalue weighted by molar-refractivity contribution is 6.01. The lowest BCUT2D eigenvalue weighted by Gasteiger charge is -2.04. The van der Waals surface area contributed by atoms with Crippen molar-refractivity contribution in [3.05, 3.63) is 83.7 Å². The Morgan fingerprint density at radius 3 is 2.54 bits per heavy atom. The maximum atomic E-state index is 12.2. The predicted octanol–water partition coefficient (Wildman–Crippen LogP) is 3.46. The first-order chi connectivity index (χ1) is 11.8. The molecule has 0 saturated heterocycles. The van der Waals surface area contributed by atoms with Crippen LogP contribution in [0.25, 0.3) is 16.8 Å². The largest absolute Gasteiger partial charge is 0.347 e. The van der Waals surface area contributed by atoms with Gasteiger partial charge < -0.3 is 5.32 Å². The van der Waals surface area contributed by atoms with Crippen LogP contribution in [0.3, 0.4) is 0 Å². The molecule has 4 heteroatoms. The Hall–Kier alpha value is -3.45. The molecule has 116 valence electrons. The number of pyridine rings is 1. The number of carbonyl (C=O) groups excluding carboxylic acids is 1. The van der Waals surface area contributed by atoms with Gasteiger partial charge in [0.2, 0.25) is 0 Å². The highest BCUT2D eigenvalue weighted by Gasteiger charge is 2.09. The van der Waals surface area contributed by atoms with Crippen molar-refractivity contribution in [2.45, 2.75) is 6.54 Å². The molecular formula is C20H15N3O. The number of rotatable bonds is 4. The van der Waals surface area contributed by atoms with E-state index in [1.54, 1.807) is 6.20 Å². The van der Waals surface area contributed by atoms with E-state index >= 15 is 0 Å². The molecule has 1 amide bonds. The van der Waals surface area contributed by atoms with Gasteiger partial charge in [-0.05, 0) is 23.1 Å². The van der Waals surface area contributed by atoms with E-state index in [1.807, 2.05) is 66.7 Å². The number of fused-ring (bicyclic) bond motifs is 1. The van der Waals surface area contributed by atoms with Crippen LogP contribution < -0.4 is 5.32 Å². The fourth-order valence-electron chi connectivity index (χ4n) is 2.35. The summed E-state index contributed by atoms with van der Waals surface area (Å²) in [6.45, 7) is 0.379. The Morgan fingerprint density at radius 1 is 1.08 bits per heavy atom. The van der Waals surface area contributed by atoms with Gasteiger partial charge in [0.25, 0.3) is 5.91 Å². The second-order valence-corrected chi connectivity index (χ2v) is 5.29. The van der Waals surface area contributed by atoms with Gasteiger partial charge in [-0.25, -0.2) is 0 Å². The SMILES string of the molecule is N#CC(=Cc1cc2ccccc2cn1)C(=O)NCc1ccccc1. The molecule has 0 spiro atoms. The molecule has 4 nitrogen and oxygen atoms in total. The summed E-state index contributed by atoms with van der Waals surface area (Å²) >= 11 is 0. The van der Waals surface area contributed by atoms with Crippen molar-refractivity contribution >= 4 is 22.8 Å². The zero-order valence-corrected chi connectivity index (χ0v) is 12.9. The van der Waals surface area contributed by atoms with E-state index in [2.05, 4.69) is 10.3 Å². The lowest BCUT2D eigenvalue weighted by Crippen LogP contribution is -2.23. The molecule has 3 aromatic rings. The van der Waals surface area contributed by atoms with Gasteiger partial charge in [0.15, 0.2) is 0 Å². The van der Waals surface area contributed by atoms with Crippen LogP contribution in [0.5, 0.6) is 0 Å². The Kier molecular flexibility index (Phi) is 4.64. The lowest BCUT2D eigenvalue weighted by molar-refractivity contribution is -0.117. The van der Waals surface area contributed by atoms with Crippen molar-refractivity contribution in [2.24, 2.45) is 0 Å². The molecule has 0 aliphatic carbocycles. The number of aromatic nitrogens is 1. The van der Waals surface area contributed by atoms with Gasteiger partial charge in [-0.3, -0.25) is 9.78 Å². The van der Waals surface area contributed by atoms with Crippen LogP contribution in [0.4, 0.5) is 0 Å². The molecule has 0 saturated carbocycles. The van der Waals surface area contributed by atoms with E-state index in [0.29, 0.717) is 12.2 Å². The number of nitriles is 1. The van der Waals surface area contributed by atoms with Crippen LogP contribution in [-0.4, -0.2) is 10.9 Å². The van der Waals surface area contributed by atoms with E-state index in [0.717, 1.165) is 16.3 Å². The van der Waals surface area contributed by atoms with Crippen molar-refractivity contribution in [1.29, 1.82) is 5.26 Å². The van der Waals surface area contributed by atoms with Crippen molar-refractivity contribution in [3.8, 4) is 6.07 Å². The fourth-order valence-corrected chi connectivity index (χ4v) is 2.35. The maximum Gasteiger partial charge on any atom is 0.262 e. The lowest BCUT2D eigenvalue weighted by atomic mass is 10.1. The zero-order chi connectivity index (χ0) is 16.8. The summed E-state index contributed by atoms with van der Waals surface area (Å²) < 4.78 is 0. The molecule has 0 aliphatic heterocycles. The van der Waals surface area contributed by atoms with Crippen LogP contribution >= 0.6 is 0 Å². The molecule has 3 rings (SSSR count). The number of nitrogens with zero attached hydrogens (tertiary/aromatic N) is 2. The van der Waals surface area contributed by atoms with Crippen molar-refractivity contribution in [1.82, 2.24) is 10.3 Å². The van der Waals surface area contributed by atoms with E-state index in [-0.39, 0.29) is 5.57 Å². The molecule has 24 heavy (non-hydrogen) atoms. The third-order valence-electron chi connectivity index (χ3n) is 3.61. The number of nitrogens with one attached hydrogen (secondary N) is 1. The third-order valence-corrected chi connectivity index (χ3v) is 3.61. The first-order valence-electron chi connectivity index (χ1n) is 7.55. The van der Waals surface area contributed by atoms with Gasteiger partial charge in [-0.15, -0.1) is 0 Å². The molecule has 0 atom stereocenters. The molecule has 0 bridgehead atoms. The Labute approximate surface area is 140 Å². The van der Waals surface area contributed by atoms with Crippen LogP contribution in [-0.2, 0) is 11.3 Å². The number of hydrogen-bond acceptors (Lipinski definition) is 3. The fraction of sp³-hybridized carbons (Fsp3) is 0.0500. The summed E-state index contributed by atoms with van der Waals surface area (Å²) in [6.07, 6.45) is 3.24. The van der Waals surface area contributed by atoms with E-state index in [9.17, 15) is 10.1 Å². The van der Waals surface area contributed by atoms with Gasteiger partial charge >= 0.3 is 0 Å². The number of hydrogen-bond donors (Lipinski definition) is 1. The second-order valence-electron chi connectivity index (χ2n) is 5.29. The van der Waals surface area contributed by atoms with Crippen LogP contribution in [0.15, 0.2) is 72.4 Å². The Morgan fingerprint density at radius 2 is 1.79 bits per heavy atom. The van der Waals surface area contributed by atoms with Gasteiger partial charge in [0.05, 0.1) is 5.69 Å². The van der Waals surface area contributed by atoms with Crippen LogP contribution in [0.1, 0.15) is 11.3 Å². The minimum absolute atomic E-state index is 0.0358. The van der Waals surface area contributed by atoms with Crippen LogP contribution in [0, 0.1) is 11.3 Å². The molecule has 1 aromatic heterocycles. The quantitative estimate of drug-likeness (QED) is 0.592. The summed E-state index contributed by atoms with van der Waals surface area (Å²) in [5.41, 5.74) is 1.60. The first kappa shape index (κ1) is 15.4. The molecule has 2 aromatic carbocycles. The summed E-state index contributed by atoms with van der Waals surface area (Å²) in [7, 11) is 0. The minimum Gasteiger partial charge on any atom is -0.347 e. The number of amides is 1. The van der Waals surface area contributed by atoms with Crippen molar-refractivity contribution in [2.75, 3.05) is 0 Å². The highest BCUT2D eigenvalue weighted by atomic mass is 16.1. The summed E-state index contributed by atoms with van der Waals surface area (Å²) in [5.74, 6) is -0.406. The summed E-state index contributed by atoms with van der Waals surface area (Å²) in [5, 5.41) is 14.0. The minimum atomic E-state index is -0.406.